The van der Waals surface area contributed by atoms with Gasteiger partial charge in [0.2, 0.25) is 5.91 Å². The lowest BCUT2D eigenvalue weighted by molar-refractivity contribution is -0.123. The average Bonchev–Trinajstić information content (AvgIpc) is 2.59. The van der Waals surface area contributed by atoms with Gasteiger partial charge in [0.1, 0.15) is 5.01 Å². The van der Waals surface area contributed by atoms with Gasteiger partial charge in [-0.15, -0.1) is 11.3 Å². The molecule has 5 heteroatoms. The molecule has 0 aromatic carbocycles. The predicted molar refractivity (Wildman–Crippen MR) is 61.5 cm³/mol. The number of hydrogen-bond acceptors (Lipinski definition) is 4. The first-order valence-electron chi connectivity index (χ1n) is 4.95. The van der Waals surface area contributed by atoms with Crippen molar-refractivity contribution in [2.45, 2.75) is 33.4 Å². The molecule has 0 spiro atoms. The van der Waals surface area contributed by atoms with Crippen LogP contribution in [0.5, 0.6) is 0 Å². The molecule has 3 N–H and O–H groups in total. The number of amides is 1. The van der Waals surface area contributed by atoms with Gasteiger partial charge >= 0.3 is 0 Å². The summed E-state index contributed by atoms with van der Waals surface area (Å²) in [7, 11) is 0. The molecule has 0 saturated heterocycles. The molecule has 84 valence electrons. The van der Waals surface area contributed by atoms with Crippen LogP contribution in [0.2, 0.25) is 0 Å². The summed E-state index contributed by atoms with van der Waals surface area (Å²) >= 11 is 1.58. The summed E-state index contributed by atoms with van der Waals surface area (Å²) in [5, 5.41) is 3.69. The average molecular weight is 227 g/mol. The molecule has 0 bridgehead atoms. The van der Waals surface area contributed by atoms with Gasteiger partial charge in [0.05, 0.1) is 12.6 Å². The van der Waals surface area contributed by atoms with E-state index >= 15 is 0 Å². The van der Waals surface area contributed by atoms with Crippen LogP contribution in [0, 0.1) is 12.8 Å². The van der Waals surface area contributed by atoms with Gasteiger partial charge in [-0.2, -0.15) is 0 Å². The van der Waals surface area contributed by atoms with E-state index in [1.54, 1.807) is 17.5 Å². The zero-order valence-corrected chi connectivity index (χ0v) is 10.1. The highest BCUT2D eigenvalue weighted by Gasteiger charge is 2.16. The smallest absolute Gasteiger partial charge is 0.237 e. The highest BCUT2D eigenvalue weighted by molar-refractivity contribution is 7.11. The number of aromatic nitrogens is 1. The van der Waals surface area contributed by atoms with Crippen molar-refractivity contribution < 1.29 is 4.79 Å². The quantitative estimate of drug-likeness (QED) is 0.808. The van der Waals surface area contributed by atoms with E-state index in [9.17, 15) is 4.79 Å². The minimum Gasteiger partial charge on any atom is -0.348 e. The van der Waals surface area contributed by atoms with Crippen molar-refractivity contribution in [3.05, 3.63) is 16.1 Å². The summed E-state index contributed by atoms with van der Waals surface area (Å²) in [6.45, 7) is 6.32. The predicted octanol–water partition coefficient (Wildman–Crippen LogP) is 1.05. The molecule has 1 heterocycles. The SMILES string of the molecule is Cc1cnc(CNC(=O)[C@H](N)C(C)C)s1. The van der Waals surface area contributed by atoms with Crippen molar-refractivity contribution in [2.24, 2.45) is 11.7 Å². The van der Waals surface area contributed by atoms with E-state index in [2.05, 4.69) is 10.3 Å². The Morgan fingerprint density at radius 3 is 2.80 bits per heavy atom. The molecular formula is C10H17N3OS. The molecule has 1 aromatic heterocycles. The third kappa shape index (κ3) is 3.60. The summed E-state index contributed by atoms with van der Waals surface area (Å²) in [6.07, 6.45) is 1.80. The fourth-order valence-electron chi connectivity index (χ4n) is 1.07. The van der Waals surface area contributed by atoms with E-state index in [4.69, 9.17) is 5.73 Å². The van der Waals surface area contributed by atoms with Crippen molar-refractivity contribution in [3.63, 3.8) is 0 Å². The first-order chi connectivity index (χ1) is 7.00. The number of rotatable bonds is 4. The summed E-state index contributed by atoms with van der Waals surface area (Å²) in [6, 6.07) is -0.439. The van der Waals surface area contributed by atoms with Crippen LogP contribution in [0.3, 0.4) is 0 Å². The molecule has 15 heavy (non-hydrogen) atoms. The third-order valence-corrected chi connectivity index (χ3v) is 3.02. The van der Waals surface area contributed by atoms with Gasteiger partial charge in [0, 0.05) is 11.1 Å². The number of aryl methyl sites for hydroxylation is 1. The summed E-state index contributed by atoms with van der Waals surface area (Å²) in [5.74, 6) is 0.0425. The van der Waals surface area contributed by atoms with E-state index in [1.165, 1.54) is 0 Å². The van der Waals surface area contributed by atoms with Gasteiger partial charge in [-0.05, 0) is 12.8 Å². The topological polar surface area (TPSA) is 68.0 Å². The first kappa shape index (κ1) is 12.1. The maximum atomic E-state index is 11.5. The lowest BCUT2D eigenvalue weighted by Crippen LogP contribution is -2.43. The van der Waals surface area contributed by atoms with Crippen molar-refractivity contribution >= 4 is 17.2 Å². The Morgan fingerprint density at radius 2 is 2.33 bits per heavy atom. The molecule has 0 aliphatic heterocycles. The van der Waals surface area contributed by atoms with Crippen LogP contribution in [0.4, 0.5) is 0 Å². The van der Waals surface area contributed by atoms with Crippen LogP contribution in [0.1, 0.15) is 23.7 Å². The lowest BCUT2D eigenvalue weighted by Gasteiger charge is -2.14. The van der Waals surface area contributed by atoms with Gasteiger partial charge < -0.3 is 11.1 Å². The Hall–Kier alpha value is -0.940. The second-order valence-corrected chi connectivity index (χ2v) is 5.17. The molecule has 0 fully saturated rings. The van der Waals surface area contributed by atoms with Crippen molar-refractivity contribution in [1.82, 2.24) is 10.3 Å². The van der Waals surface area contributed by atoms with Gasteiger partial charge in [-0.25, -0.2) is 4.98 Å². The number of hydrogen-bond donors (Lipinski definition) is 2. The van der Waals surface area contributed by atoms with Crippen molar-refractivity contribution in [3.8, 4) is 0 Å². The van der Waals surface area contributed by atoms with Crippen molar-refractivity contribution in [2.75, 3.05) is 0 Å². The highest BCUT2D eigenvalue weighted by Crippen LogP contribution is 2.10. The lowest BCUT2D eigenvalue weighted by atomic mass is 10.1. The molecule has 1 aromatic rings. The summed E-state index contributed by atoms with van der Waals surface area (Å²) < 4.78 is 0. The molecule has 0 aliphatic rings. The molecular weight excluding hydrogens is 210 g/mol. The zero-order chi connectivity index (χ0) is 11.4. The fourth-order valence-corrected chi connectivity index (χ4v) is 1.79. The number of nitrogens with one attached hydrogen (secondary N) is 1. The van der Waals surface area contributed by atoms with E-state index < -0.39 is 6.04 Å². The number of carbonyl (C=O) groups excluding carboxylic acids is 1. The molecule has 0 aliphatic carbocycles. The Labute approximate surface area is 93.9 Å². The third-order valence-electron chi connectivity index (χ3n) is 2.10. The van der Waals surface area contributed by atoms with Crippen LogP contribution < -0.4 is 11.1 Å². The van der Waals surface area contributed by atoms with E-state index in [1.807, 2.05) is 20.8 Å². The monoisotopic (exact) mass is 227 g/mol. The van der Waals surface area contributed by atoms with Gasteiger partial charge in [0.25, 0.3) is 0 Å². The number of nitrogens with zero attached hydrogens (tertiary/aromatic N) is 1. The maximum absolute atomic E-state index is 11.5. The fraction of sp³-hybridized carbons (Fsp3) is 0.600. The van der Waals surface area contributed by atoms with Gasteiger partial charge in [-0.3, -0.25) is 4.79 Å². The summed E-state index contributed by atoms with van der Waals surface area (Å²) in [4.78, 5) is 16.8. The Balaban J connectivity index is 2.40. The molecule has 4 nitrogen and oxygen atoms in total. The van der Waals surface area contributed by atoms with E-state index in [-0.39, 0.29) is 11.8 Å². The second kappa shape index (κ2) is 5.23. The van der Waals surface area contributed by atoms with Gasteiger partial charge in [0.15, 0.2) is 0 Å². The van der Waals surface area contributed by atoms with Crippen LogP contribution >= 0.6 is 11.3 Å². The molecule has 0 unspecified atom stereocenters. The maximum Gasteiger partial charge on any atom is 0.237 e. The van der Waals surface area contributed by atoms with Crippen LogP contribution in [0.25, 0.3) is 0 Å². The van der Waals surface area contributed by atoms with Crippen molar-refractivity contribution in [1.29, 1.82) is 0 Å². The van der Waals surface area contributed by atoms with Crippen LogP contribution in [-0.2, 0) is 11.3 Å². The first-order valence-corrected chi connectivity index (χ1v) is 5.77. The number of carbonyl (C=O) groups is 1. The van der Waals surface area contributed by atoms with Crippen LogP contribution in [-0.4, -0.2) is 16.9 Å². The largest absolute Gasteiger partial charge is 0.348 e. The molecule has 1 rings (SSSR count). The number of nitrogens with two attached hydrogens (primary N) is 1. The van der Waals surface area contributed by atoms with E-state index in [0.717, 1.165) is 9.88 Å². The molecule has 1 atom stereocenters. The Bertz CT molecular complexity index is 335. The second-order valence-electron chi connectivity index (χ2n) is 3.85. The van der Waals surface area contributed by atoms with Gasteiger partial charge in [-0.1, -0.05) is 13.8 Å². The minimum absolute atomic E-state index is 0.113. The highest BCUT2D eigenvalue weighted by atomic mass is 32.1. The molecule has 0 saturated carbocycles. The Morgan fingerprint density at radius 1 is 1.67 bits per heavy atom. The number of thiazole rings is 1. The standard InChI is InChI=1S/C10H17N3OS/c1-6(2)9(11)10(14)13-5-8-12-4-7(3)15-8/h4,6,9H,5,11H2,1-3H3,(H,13,14)/t9-/m1/s1. The Kier molecular flexibility index (Phi) is 4.23. The zero-order valence-electron chi connectivity index (χ0n) is 9.28. The normalized spacial score (nSPS) is 12.9. The van der Waals surface area contributed by atoms with Crippen LogP contribution in [0.15, 0.2) is 6.20 Å². The summed E-state index contributed by atoms with van der Waals surface area (Å²) in [5.41, 5.74) is 5.70. The molecule has 1 amide bonds. The minimum atomic E-state index is -0.439. The van der Waals surface area contributed by atoms with E-state index in [0.29, 0.717) is 6.54 Å². The molecule has 0 radical (unpaired) electrons.